The van der Waals surface area contributed by atoms with Crippen molar-refractivity contribution in [3.63, 3.8) is 0 Å². The zero-order valence-electron chi connectivity index (χ0n) is 16.6. The monoisotopic (exact) mass is 368 g/mol. The van der Waals surface area contributed by atoms with Gasteiger partial charge in [0, 0.05) is 0 Å². The molecule has 0 amide bonds. The van der Waals surface area contributed by atoms with Crippen LogP contribution in [-0.2, 0) is 4.74 Å². The average Bonchev–Trinajstić information content (AvgIpc) is 2.67. The van der Waals surface area contributed by atoms with Gasteiger partial charge in [0.15, 0.2) is 0 Å². The van der Waals surface area contributed by atoms with E-state index in [0.717, 1.165) is 43.4 Å². The van der Waals surface area contributed by atoms with Crippen molar-refractivity contribution >= 4 is 0 Å². The van der Waals surface area contributed by atoms with Crippen LogP contribution in [-0.4, -0.2) is 12.7 Å². The summed E-state index contributed by atoms with van der Waals surface area (Å²) in [4.78, 5) is 0. The van der Waals surface area contributed by atoms with Crippen LogP contribution in [0.1, 0.15) is 96.8 Å². The second kappa shape index (κ2) is 10.2. The maximum atomic E-state index is 12.3. The lowest BCUT2D eigenvalue weighted by atomic mass is 9.69. The van der Waals surface area contributed by atoms with Gasteiger partial charge in [0.05, 0.1) is 6.10 Å². The molecule has 0 aromatic rings. The van der Waals surface area contributed by atoms with E-state index in [4.69, 9.17) is 4.74 Å². The van der Waals surface area contributed by atoms with Crippen molar-refractivity contribution in [2.24, 2.45) is 23.7 Å². The van der Waals surface area contributed by atoms with Crippen LogP contribution in [0.3, 0.4) is 0 Å². The molecular weight excluding hydrogens is 330 g/mol. The molecule has 0 aromatic carbocycles. The van der Waals surface area contributed by atoms with Crippen molar-refractivity contribution in [2.45, 2.75) is 110 Å². The molecule has 3 aliphatic carbocycles. The molecule has 3 heteroatoms. The first-order valence-electron chi connectivity index (χ1n) is 11.3. The van der Waals surface area contributed by atoms with Gasteiger partial charge in [-0.2, -0.15) is 8.78 Å². The van der Waals surface area contributed by atoms with E-state index in [1.165, 1.54) is 64.2 Å². The van der Waals surface area contributed by atoms with Gasteiger partial charge in [0.25, 0.3) is 0 Å². The summed E-state index contributed by atoms with van der Waals surface area (Å²) in [6.07, 6.45) is 19.9. The number of allylic oxidation sites excluding steroid dienone is 2. The zero-order valence-corrected chi connectivity index (χ0v) is 16.6. The second-order valence-electron chi connectivity index (χ2n) is 9.11. The largest absolute Gasteiger partial charge is 0.345 e. The SMILES string of the molecule is CCCCC1CCC(C2CC=C(C3CCC(OC(F)F)CC3)CC2)CC1. The summed E-state index contributed by atoms with van der Waals surface area (Å²) in [5.74, 6) is 3.51. The molecule has 0 radical (unpaired) electrons. The Bertz CT molecular complexity index is 431. The first-order valence-corrected chi connectivity index (χ1v) is 11.3. The van der Waals surface area contributed by atoms with E-state index in [1.54, 1.807) is 5.57 Å². The van der Waals surface area contributed by atoms with E-state index in [2.05, 4.69) is 13.0 Å². The lowest BCUT2D eigenvalue weighted by Gasteiger charge is -2.37. The smallest absolute Gasteiger partial charge is 0.320 e. The Kier molecular flexibility index (Phi) is 7.96. The van der Waals surface area contributed by atoms with E-state index in [0.29, 0.717) is 5.92 Å². The first kappa shape index (κ1) is 20.3. The standard InChI is InChI=1S/C23H38F2O/c1-2-3-4-17-5-7-18(8-6-17)19-9-11-20(12-10-19)21-13-15-22(16-14-21)26-23(24)25/h11,17-19,21-23H,2-10,12-16H2,1H3. The van der Waals surface area contributed by atoms with E-state index in [-0.39, 0.29) is 6.10 Å². The Morgan fingerprint density at radius 1 is 0.962 bits per heavy atom. The van der Waals surface area contributed by atoms with Crippen molar-refractivity contribution in [2.75, 3.05) is 0 Å². The molecule has 26 heavy (non-hydrogen) atoms. The lowest BCUT2D eigenvalue weighted by Crippen LogP contribution is -2.27. The predicted octanol–water partition coefficient (Wildman–Crippen LogP) is 7.51. The van der Waals surface area contributed by atoms with Crippen molar-refractivity contribution in [1.82, 2.24) is 0 Å². The highest BCUT2D eigenvalue weighted by atomic mass is 19.3. The molecule has 2 saturated carbocycles. The summed E-state index contributed by atoms with van der Waals surface area (Å²) in [7, 11) is 0. The minimum Gasteiger partial charge on any atom is -0.320 e. The highest BCUT2D eigenvalue weighted by Gasteiger charge is 2.31. The Hall–Kier alpha value is -0.440. The van der Waals surface area contributed by atoms with Gasteiger partial charge in [-0.3, -0.25) is 0 Å². The summed E-state index contributed by atoms with van der Waals surface area (Å²) in [6, 6.07) is 0. The van der Waals surface area contributed by atoms with Crippen LogP contribution in [0.2, 0.25) is 0 Å². The third-order valence-electron chi connectivity index (χ3n) is 7.50. The molecular formula is C23H38F2O. The van der Waals surface area contributed by atoms with E-state index in [9.17, 15) is 8.78 Å². The molecule has 3 aliphatic rings. The zero-order chi connectivity index (χ0) is 18.4. The van der Waals surface area contributed by atoms with E-state index in [1.807, 2.05) is 0 Å². The first-order chi connectivity index (χ1) is 12.7. The number of rotatable bonds is 7. The molecule has 0 N–H and O–H groups in total. The number of halogens is 2. The predicted molar refractivity (Wildman–Crippen MR) is 103 cm³/mol. The maximum absolute atomic E-state index is 12.3. The fourth-order valence-electron chi connectivity index (χ4n) is 5.83. The fraction of sp³-hybridized carbons (Fsp3) is 0.913. The highest BCUT2D eigenvalue weighted by Crippen LogP contribution is 2.43. The minimum atomic E-state index is -2.61. The fourth-order valence-corrected chi connectivity index (χ4v) is 5.83. The highest BCUT2D eigenvalue weighted by molar-refractivity contribution is 5.12. The summed E-state index contributed by atoms with van der Waals surface area (Å²) in [6.45, 7) is -0.307. The topological polar surface area (TPSA) is 9.23 Å². The van der Waals surface area contributed by atoms with E-state index >= 15 is 0 Å². The number of unbranched alkanes of at least 4 members (excludes halogenated alkanes) is 1. The van der Waals surface area contributed by atoms with Gasteiger partial charge in [-0.25, -0.2) is 0 Å². The van der Waals surface area contributed by atoms with Crippen molar-refractivity contribution in [3.05, 3.63) is 11.6 Å². The maximum Gasteiger partial charge on any atom is 0.345 e. The molecule has 1 unspecified atom stereocenters. The van der Waals surface area contributed by atoms with Crippen LogP contribution in [0, 0.1) is 23.7 Å². The number of alkyl halides is 2. The van der Waals surface area contributed by atoms with Crippen LogP contribution >= 0.6 is 0 Å². The molecule has 150 valence electrons. The second-order valence-corrected chi connectivity index (χ2v) is 9.11. The quantitative estimate of drug-likeness (QED) is 0.422. The summed E-state index contributed by atoms with van der Waals surface area (Å²) in [5, 5.41) is 0. The third kappa shape index (κ3) is 5.78. The summed E-state index contributed by atoms with van der Waals surface area (Å²) in [5.41, 5.74) is 1.63. The molecule has 0 spiro atoms. The Labute approximate surface area is 159 Å². The number of hydrogen-bond donors (Lipinski definition) is 0. The number of hydrogen-bond acceptors (Lipinski definition) is 1. The molecule has 3 rings (SSSR count). The normalized spacial score (nSPS) is 36.2. The summed E-state index contributed by atoms with van der Waals surface area (Å²) < 4.78 is 29.4. The third-order valence-corrected chi connectivity index (χ3v) is 7.50. The molecule has 0 aliphatic heterocycles. The van der Waals surface area contributed by atoms with Crippen molar-refractivity contribution in [1.29, 1.82) is 0 Å². The molecule has 1 atom stereocenters. The molecule has 0 bridgehead atoms. The minimum absolute atomic E-state index is 0.217. The van der Waals surface area contributed by atoms with Gasteiger partial charge >= 0.3 is 6.61 Å². The van der Waals surface area contributed by atoms with Gasteiger partial charge in [-0.15, -0.1) is 0 Å². The van der Waals surface area contributed by atoms with Crippen LogP contribution in [0.4, 0.5) is 8.78 Å². The molecule has 0 heterocycles. The van der Waals surface area contributed by atoms with Crippen LogP contribution in [0.5, 0.6) is 0 Å². The molecule has 0 aromatic heterocycles. The van der Waals surface area contributed by atoms with Gasteiger partial charge in [-0.1, -0.05) is 50.7 Å². The van der Waals surface area contributed by atoms with Crippen LogP contribution in [0.15, 0.2) is 11.6 Å². The lowest BCUT2D eigenvalue weighted by molar-refractivity contribution is -0.170. The Balaban J connectivity index is 1.39. The molecule has 0 saturated heterocycles. The summed E-state index contributed by atoms with van der Waals surface area (Å²) >= 11 is 0. The molecule has 2 fully saturated rings. The van der Waals surface area contributed by atoms with E-state index < -0.39 is 6.61 Å². The van der Waals surface area contributed by atoms with Gasteiger partial charge in [-0.05, 0) is 81.5 Å². The van der Waals surface area contributed by atoms with Crippen LogP contribution < -0.4 is 0 Å². The van der Waals surface area contributed by atoms with Gasteiger partial charge < -0.3 is 4.74 Å². The van der Waals surface area contributed by atoms with Crippen molar-refractivity contribution < 1.29 is 13.5 Å². The Morgan fingerprint density at radius 3 is 2.27 bits per heavy atom. The average molecular weight is 369 g/mol. The van der Waals surface area contributed by atoms with Crippen LogP contribution in [0.25, 0.3) is 0 Å². The van der Waals surface area contributed by atoms with Crippen molar-refractivity contribution in [3.8, 4) is 0 Å². The molecule has 1 nitrogen and oxygen atoms in total. The number of ether oxygens (including phenoxy) is 1. The van der Waals surface area contributed by atoms with Gasteiger partial charge in [0.2, 0.25) is 0 Å². The van der Waals surface area contributed by atoms with Gasteiger partial charge in [0.1, 0.15) is 0 Å². The Morgan fingerprint density at radius 2 is 1.69 bits per heavy atom.